The summed E-state index contributed by atoms with van der Waals surface area (Å²) in [7, 11) is 0. The molecule has 1 aliphatic carbocycles. The van der Waals surface area contributed by atoms with Crippen LogP contribution >= 0.6 is 34.5 Å². The molecule has 2 aliphatic rings. The Bertz CT molecular complexity index is 1500. The van der Waals surface area contributed by atoms with Gasteiger partial charge in [0.15, 0.2) is 5.13 Å². The minimum Gasteiger partial charge on any atom is -0.477 e. The number of halogens is 2. The Morgan fingerprint density at radius 3 is 2.22 bits per heavy atom. The number of fused-ring (bicyclic) bond motifs is 1. The van der Waals surface area contributed by atoms with E-state index in [1.54, 1.807) is 6.92 Å². The summed E-state index contributed by atoms with van der Waals surface area (Å²) < 4.78 is 0. The Balaban J connectivity index is 1.16. The lowest BCUT2D eigenvalue weighted by Crippen LogP contribution is -2.34. The smallest absolute Gasteiger partial charge is 0.348 e. The highest BCUT2D eigenvalue weighted by molar-refractivity contribution is 7.17. The third-order valence-corrected chi connectivity index (χ3v) is 9.17. The SMILES string of the molecule is Cc1[nH]c(C(=O)N[C@H]2[C@@H]3CN(c4nc(-c5ccc(-c6ccccc6)cc5)c(C(=O)O)s4)C[C@@H]32)c(Cl)c1Cl. The summed E-state index contributed by atoms with van der Waals surface area (Å²) in [5.74, 6) is -0.702. The van der Waals surface area contributed by atoms with Gasteiger partial charge in [-0.05, 0) is 18.1 Å². The third-order valence-electron chi connectivity index (χ3n) is 7.12. The predicted octanol–water partition coefficient (Wildman–Crippen LogP) is 5.98. The Morgan fingerprint density at radius 2 is 1.62 bits per heavy atom. The first-order valence-electron chi connectivity index (χ1n) is 11.8. The molecule has 1 saturated heterocycles. The number of nitrogens with one attached hydrogen (secondary N) is 2. The summed E-state index contributed by atoms with van der Waals surface area (Å²) in [6.45, 7) is 3.17. The van der Waals surface area contributed by atoms with E-state index in [0.717, 1.165) is 16.7 Å². The summed E-state index contributed by atoms with van der Waals surface area (Å²) in [6, 6.07) is 17.9. The highest BCUT2D eigenvalue weighted by Gasteiger charge is 2.57. The van der Waals surface area contributed by atoms with E-state index in [1.165, 1.54) is 11.3 Å². The standard InChI is InChI=1S/C27H22Cl2N4O3S/c1-13-19(28)20(29)23(30-13)25(34)31-22-17-11-33(12-18(17)22)27-32-21(24(37-27)26(35)36)16-9-7-15(8-10-16)14-5-3-2-4-6-14/h2-10,17-18,22,30H,11-12H2,1H3,(H,31,34)(H,35,36)/t17-,18+,22+. The third kappa shape index (κ3) is 4.29. The molecule has 7 nitrogen and oxygen atoms in total. The van der Waals surface area contributed by atoms with E-state index < -0.39 is 5.97 Å². The molecular weight excluding hydrogens is 531 g/mol. The van der Waals surface area contributed by atoms with Crippen LogP contribution in [0.4, 0.5) is 5.13 Å². The van der Waals surface area contributed by atoms with Gasteiger partial charge in [-0.1, -0.05) is 89.1 Å². The van der Waals surface area contributed by atoms with Gasteiger partial charge in [0.2, 0.25) is 0 Å². The van der Waals surface area contributed by atoms with Gasteiger partial charge in [-0.2, -0.15) is 0 Å². The zero-order valence-electron chi connectivity index (χ0n) is 19.7. The molecular formula is C27H22Cl2N4O3S. The highest BCUT2D eigenvalue weighted by atomic mass is 35.5. The molecule has 3 heterocycles. The fourth-order valence-corrected chi connectivity index (χ4v) is 6.45. The number of benzene rings is 2. The number of H-pyrrole nitrogens is 1. The second-order valence-corrected chi connectivity index (χ2v) is 11.1. The molecule has 6 rings (SSSR count). The normalized spacial score (nSPS) is 20.1. The summed E-state index contributed by atoms with van der Waals surface area (Å²) in [6.07, 6.45) is 0. The summed E-state index contributed by atoms with van der Waals surface area (Å²) in [5, 5.41) is 14.2. The zero-order valence-corrected chi connectivity index (χ0v) is 22.0. The molecule has 188 valence electrons. The van der Waals surface area contributed by atoms with Crippen LogP contribution in [0, 0.1) is 18.8 Å². The molecule has 1 amide bonds. The minimum absolute atomic E-state index is 0.0473. The number of carboxylic acid groups (broad SMARTS) is 1. The van der Waals surface area contributed by atoms with E-state index in [2.05, 4.69) is 15.2 Å². The van der Waals surface area contributed by atoms with Gasteiger partial charge in [-0.3, -0.25) is 4.79 Å². The molecule has 4 aromatic rings. The molecule has 37 heavy (non-hydrogen) atoms. The lowest BCUT2D eigenvalue weighted by atomic mass is 10.0. The van der Waals surface area contributed by atoms with Crippen molar-refractivity contribution < 1.29 is 14.7 Å². The number of piperidine rings is 1. The fraction of sp³-hybridized carbons (Fsp3) is 0.222. The van der Waals surface area contributed by atoms with Crippen molar-refractivity contribution in [2.24, 2.45) is 11.8 Å². The number of anilines is 1. The fourth-order valence-electron chi connectivity index (χ4n) is 5.08. The Kier molecular flexibility index (Phi) is 5.98. The number of aryl methyl sites for hydroxylation is 1. The number of carbonyl (C=O) groups excluding carboxylic acids is 1. The van der Waals surface area contributed by atoms with Gasteiger partial charge in [0, 0.05) is 42.2 Å². The van der Waals surface area contributed by atoms with Crippen LogP contribution in [0.5, 0.6) is 0 Å². The van der Waals surface area contributed by atoms with Crippen LogP contribution in [-0.2, 0) is 0 Å². The number of rotatable bonds is 6. The molecule has 1 aliphatic heterocycles. The topological polar surface area (TPSA) is 98.3 Å². The zero-order chi connectivity index (χ0) is 25.8. The molecule has 0 unspecified atom stereocenters. The lowest BCUT2D eigenvalue weighted by Gasteiger charge is -2.19. The number of thiazole rings is 1. The van der Waals surface area contributed by atoms with Crippen molar-refractivity contribution in [2.45, 2.75) is 13.0 Å². The Morgan fingerprint density at radius 1 is 1.00 bits per heavy atom. The molecule has 2 aromatic heterocycles. The second kappa shape index (κ2) is 9.20. The van der Waals surface area contributed by atoms with Gasteiger partial charge in [-0.15, -0.1) is 0 Å². The van der Waals surface area contributed by atoms with Crippen molar-refractivity contribution in [3.63, 3.8) is 0 Å². The first kappa shape index (κ1) is 24.0. The highest BCUT2D eigenvalue weighted by Crippen LogP contribution is 2.48. The van der Waals surface area contributed by atoms with Crippen molar-refractivity contribution in [1.82, 2.24) is 15.3 Å². The monoisotopic (exact) mass is 552 g/mol. The van der Waals surface area contributed by atoms with Crippen molar-refractivity contribution in [2.75, 3.05) is 18.0 Å². The number of aromatic nitrogens is 2. The summed E-state index contributed by atoms with van der Waals surface area (Å²) in [5.41, 5.74) is 4.34. The van der Waals surface area contributed by atoms with Crippen LogP contribution in [0.2, 0.25) is 10.0 Å². The van der Waals surface area contributed by atoms with Gasteiger partial charge < -0.3 is 20.3 Å². The van der Waals surface area contributed by atoms with E-state index in [4.69, 9.17) is 28.2 Å². The molecule has 0 bridgehead atoms. The van der Waals surface area contributed by atoms with Gasteiger partial charge in [0.25, 0.3) is 5.91 Å². The molecule has 2 fully saturated rings. The van der Waals surface area contributed by atoms with Gasteiger partial charge in [0.05, 0.1) is 15.7 Å². The van der Waals surface area contributed by atoms with E-state index in [9.17, 15) is 14.7 Å². The van der Waals surface area contributed by atoms with Crippen LogP contribution in [0.3, 0.4) is 0 Å². The van der Waals surface area contributed by atoms with Crippen LogP contribution in [0.25, 0.3) is 22.4 Å². The maximum atomic E-state index is 12.7. The Labute approximate surface area is 227 Å². The molecule has 0 spiro atoms. The van der Waals surface area contributed by atoms with Crippen LogP contribution in [0.1, 0.15) is 25.9 Å². The van der Waals surface area contributed by atoms with E-state index in [-0.39, 0.29) is 39.4 Å². The van der Waals surface area contributed by atoms with Gasteiger partial charge >= 0.3 is 5.97 Å². The molecule has 1 saturated carbocycles. The number of carbonyl (C=O) groups is 2. The molecule has 2 aromatic carbocycles. The molecule has 3 N–H and O–H groups in total. The van der Waals surface area contributed by atoms with Crippen LogP contribution < -0.4 is 10.2 Å². The first-order chi connectivity index (χ1) is 17.8. The summed E-state index contributed by atoms with van der Waals surface area (Å²) >= 11 is 13.5. The number of carboxylic acids is 1. The van der Waals surface area contributed by atoms with Gasteiger partial charge in [-0.25, -0.2) is 9.78 Å². The lowest BCUT2D eigenvalue weighted by molar-refractivity contribution is 0.0702. The number of hydrogen-bond acceptors (Lipinski definition) is 5. The van der Waals surface area contributed by atoms with Crippen LogP contribution in [-0.4, -0.2) is 46.1 Å². The molecule has 10 heteroatoms. The number of aromatic amines is 1. The quantitative estimate of drug-likeness (QED) is 0.273. The maximum Gasteiger partial charge on any atom is 0.348 e. The van der Waals surface area contributed by atoms with Crippen molar-refractivity contribution in [3.05, 3.63) is 80.9 Å². The maximum absolute atomic E-state index is 12.7. The molecule has 3 atom stereocenters. The molecule has 0 radical (unpaired) electrons. The predicted molar refractivity (Wildman–Crippen MR) is 146 cm³/mol. The average molecular weight is 553 g/mol. The van der Waals surface area contributed by atoms with Crippen LogP contribution in [0.15, 0.2) is 54.6 Å². The van der Waals surface area contributed by atoms with E-state index in [0.29, 0.717) is 34.6 Å². The largest absolute Gasteiger partial charge is 0.477 e. The number of amides is 1. The number of hydrogen-bond donors (Lipinski definition) is 3. The van der Waals surface area contributed by atoms with Crippen molar-refractivity contribution in [3.8, 4) is 22.4 Å². The Hall–Kier alpha value is -3.33. The van der Waals surface area contributed by atoms with Crippen molar-refractivity contribution in [1.29, 1.82) is 0 Å². The summed E-state index contributed by atoms with van der Waals surface area (Å²) in [4.78, 5) is 34.7. The number of aromatic carboxylic acids is 1. The second-order valence-electron chi connectivity index (χ2n) is 9.41. The van der Waals surface area contributed by atoms with Gasteiger partial charge in [0.1, 0.15) is 10.6 Å². The minimum atomic E-state index is -0.989. The van der Waals surface area contributed by atoms with Crippen molar-refractivity contribution >= 4 is 51.5 Å². The van der Waals surface area contributed by atoms with E-state index in [1.807, 2.05) is 54.6 Å². The first-order valence-corrected chi connectivity index (χ1v) is 13.4. The number of nitrogens with zero attached hydrogens (tertiary/aromatic N) is 2. The van der Waals surface area contributed by atoms with E-state index >= 15 is 0 Å². The average Bonchev–Trinajstić information content (AvgIpc) is 3.28.